The first-order chi connectivity index (χ1) is 11.5. The monoisotopic (exact) mass is 332 g/mol. The highest BCUT2D eigenvalue weighted by Gasteiger charge is 2.28. The Balaban J connectivity index is 1.99. The SMILES string of the molecule is CCC(CC)C(=O)NCC1CN(c2ccc(C)c(C)c2)C(=O)CO1. The van der Waals surface area contributed by atoms with Crippen molar-refractivity contribution in [2.45, 2.75) is 46.6 Å². The molecule has 2 rings (SSSR count). The Bertz CT molecular complexity index is 596. The number of hydrogen-bond donors (Lipinski definition) is 1. The second-order valence-electron chi connectivity index (χ2n) is 6.46. The van der Waals surface area contributed by atoms with Crippen LogP contribution in [0.3, 0.4) is 0 Å². The summed E-state index contributed by atoms with van der Waals surface area (Å²) in [4.78, 5) is 26.0. The molecule has 132 valence electrons. The molecule has 1 N–H and O–H groups in total. The Morgan fingerprint density at radius 3 is 2.62 bits per heavy atom. The summed E-state index contributed by atoms with van der Waals surface area (Å²) in [5.41, 5.74) is 3.25. The summed E-state index contributed by atoms with van der Waals surface area (Å²) < 4.78 is 5.59. The number of nitrogens with one attached hydrogen (secondary N) is 1. The molecule has 1 aliphatic rings. The number of nitrogens with zero attached hydrogens (tertiary/aromatic N) is 1. The second-order valence-corrected chi connectivity index (χ2v) is 6.46. The van der Waals surface area contributed by atoms with Gasteiger partial charge >= 0.3 is 0 Å². The summed E-state index contributed by atoms with van der Waals surface area (Å²) in [6, 6.07) is 6.01. The normalized spacial score (nSPS) is 18.1. The van der Waals surface area contributed by atoms with Gasteiger partial charge in [0.1, 0.15) is 6.61 Å². The number of amides is 2. The first-order valence-electron chi connectivity index (χ1n) is 8.73. The van der Waals surface area contributed by atoms with E-state index in [1.165, 1.54) is 5.56 Å². The Hall–Kier alpha value is -1.88. The van der Waals surface area contributed by atoms with Crippen LogP contribution in [0.1, 0.15) is 37.8 Å². The third-order valence-corrected chi connectivity index (χ3v) is 4.79. The van der Waals surface area contributed by atoms with Crippen LogP contribution in [-0.2, 0) is 14.3 Å². The average molecular weight is 332 g/mol. The molecule has 5 heteroatoms. The van der Waals surface area contributed by atoms with Crippen LogP contribution in [0.5, 0.6) is 0 Å². The van der Waals surface area contributed by atoms with Gasteiger partial charge in [-0.15, -0.1) is 0 Å². The smallest absolute Gasteiger partial charge is 0.253 e. The molecule has 1 aromatic carbocycles. The van der Waals surface area contributed by atoms with Gasteiger partial charge in [0.15, 0.2) is 0 Å². The fraction of sp³-hybridized carbons (Fsp3) is 0.579. The molecule has 1 atom stereocenters. The molecule has 5 nitrogen and oxygen atoms in total. The number of morpholine rings is 1. The number of anilines is 1. The highest BCUT2D eigenvalue weighted by atomic mass is 16.5. The van der Waals surface area contributed by atoms with Crippen LogP contribution in [0.15, 0.2) is 18.2 Å². The average Bonchev–Trinajstić information content (AvgIpc) is 2.58. The molecule has 1 unspecified atom stereocenters. The van der Waals surface area contributed by atoms with Crippen LogP contribution in [-0.4, -0.2) is 37.6 Å². The molecular weight excluding hydrogens is 304 g/mol. The highest BCUT2D eigenvalue weighted by Crippen LogP contribution is 2.21. The number of aryl methyl sites for hydroxylation is 2. The van der Waals surface area contributed by atoms with Gasteiger partial charge in [0.25, 0.3) is 5.91 Å². The molecule has 0 bridgehead atoms. The van der Waals surface area contributed by atoms with E-state index in [0.717, 1.165) is 24.1 Å². The van der Waals surface area contributed by atoms with Crippen molar-refractivity contribution in [2.24, 2.45) is 5.92 Å². The third kappa shape index (κ3) is 4.35. The minimum atomic E-state index is -0.178. The Labute approximate surface area is 144 Å². The first kappa shape index (κ1) is 18.5. The van der Waals surface area contributed by atoms with Gasteiger partial charge in [-0.2, -0.15) is 0 Å². The number of carbonyl (C=O) groups excluding carboxylic acids is 2. The number of ether oxygens (including phenoxy) is 1. The molecule has 1 fully saturated rings. The fourth-order valence-corrected chi connectivity index (χ4v) is 2.91. The summed E-state index contributed by atoms with van der Waals surface area (Å²) >= 11 is 0. The molecule has 24 heavy (non-hydrogen) atoms. The molecule has 1 aromatic rings. The number of rotatable bonds is 6. The second kappa shape index (κ2) is 8.29. The van der Waals surface area contributed by atoms with Crippen LogP contribution in [0.2, 0.25) is 0 Å². The molecule has 0 saturated carbocycles. The minimum Gasteiger partial charge on any atom is -0.365 e. The maximum atomic E-state index is 12.2. The van der Waals surface area contributed by atoms with Crippen LogP contribution in [0.25, 0.3) is 0 Å². The molecule has 1 saturated heterocycles. The van der Waals surface area contributed by atoms with E-state index in [0.29, 0.717) is 13.1 Å². The van der Waals surface area contributed by atoms with E-state index in [1.807, 2.05) is 39.0 Å². The Morgan fingerprint density at radius 1 is 1.29 bits per heavy atom. The van der Waals surface area contributed by atoms with Crippen LogP contribution in [0, 0.1) is 19.8 Å². The van der Waals surface area contributed by atoms with Crippen molar-refractivity contribution in [3.8, 4) is 0 Å². The largest absolute Gasteiger partial charge is 0.365 e. The lowest BCUT2D eigenvalue weighted by atomic mass is 10.0. The van der Waals surface area contributed by atoms with Crippen molar-refractivity contribution < 1.29 is 14.3 Å². The van der Waals surface area contributed by atoms with Gasteiger partial charge in [-0.1, -0.05) is 19.9 Å². The lowest BCUT2D eigenvalue weighted by molar-refractivity contribution is -0.130. The zero-order valence-corrected chi connectivity index (χ0v) is 15.1. The molecular formula is C19H28N2O3. The highest BCUT2D eigenvalue weighted by molar-refractivity contribution is 5.95. The number of hydrogen-bond acceptors (Lipinski definition) is 3. The molecule has 0 radical (unpaired) electrons. The van der Waals surface area contributed by atoms with Crippen molar-refractivity contribution in [3.63, 3.8) is 0 Å². The van der Waals surface area contributed by atoms with Crippen molar-refractivity contribution in [1.29, 1.82) is 0 Å². The fourth-order valence-electron chi connectivity index (χ4n) is 2.91. The van der Waals surface area contributed by atoms with Gasteiger partial charge in [0.2, 0.25) is 5.91 Å². The first-order valence-corrected chi connectivity index (χ1v) is 8.73. The van der Waals surface area contributed by atoms with E-state index in [2.05, 4.69) is 12.2 Å². The van der Waals surface area contributed by atoms with E-state index < -0.39 is 0 Å². The van der Waals surface area contributed by atoms with Gasteiger partial charge in [-0.05, 0) is 49.9 Å². The van der Waals surface area contributed by atoms with Gasteiger partial charge in [0.05, 0.1) is 12.6 Å². The molecule has 0 spiro atoms. The van der Waals surface area contributed by atoms with Crippen molar-refractivity contribution in [2.75, 3.05) is 24.6 Å². The van der Waals surface area contributed by atoms with Gasteiger partial charge in [-0.25, -0.2) is 0 Å². The van der Waals surface area contributed by atoms with Gasteiger partial charge < -0.3 is 15.0 Å². The van der Waals surface area contributed by atoms with Crippen LogP contribution < -0.4 is 10.2 Å². The van der Waals surface area contributed by atoms with Crippen LogP contribution in [0.4, 0.5) is 5.69 Å². The summed E-state index contributed by atoms with van der Waals surface area (Å²) in [6.07, 6.45) is 1.49. The molecule has 0 aliphatic carbocycles. The molecule has 0 aromatic heterocycles. The lowest BCUT2D eigenvalue weighted by Gasteiger charge is -2.33. The van der Waals surface area contributed by atoms with Crippen LogP contribution >= 0.6 is 0 Å². The standard InChI is InChI=1S/C19H28N2O3/c1-5-15(6-2)19(23)20-10-17-11-21(18(22)12-24-17)16-8-7-13(3)14(4)9-16/h7-9,15,17H,5-6,10-12H2,1-4H3,(H,20,23). The number of carbonyl (C=O) groups is 2. The summed E-state index contributed by atoms with van der Waals surface area (Å²) in [5, 5.41) is 2.96. The molecule has 1 heterocycles. The maximum absolute atomic E-state index is 12.2. The summed E-state index contributed by atoms with van der Waals surface area (Å²) in [7, 11) is 0. The molecule has 2 amide bonds. The predicted octanol–water partition coefficient (Wildman–Crippen LogP) is 2.59. The van der Waals surface area contributed by atoms with Gasteiger partial charge in [-0.3, -0.25) is 9.59 Å². The zero-order chi connectivity index (χ0) is 17.7. The third-order valence-electron chi connectivity index (χ3n) is 4.79. The minimum absolute atomic E-state index is 0.0409. The van der Waals surface area contributed by atoms with E-state index in [1.54, 1.807) is 4.90 Å². The van der Waals surface area contributed by atoms with Crippen molar-refractivity contribution >= 4 is 17.5 Å². The van der Waals surface area contributed by atoms with Crippen molar-refractivity contribution in [3.05, 3.63) is 29.3 Å². The van der Waals surface area contributed by atoms with E-state index in [9.17, 15) is 9.59 Å². The van der Waals surface area contributed by atoms with Gasteiger partial charge in [0, 0.05) is 18.2 Å². The van der Waals surface area contributed by atoms with E-state index >= 15 is 0 Å². The summed E-state index contributed by atoms with van der Waals surface area (Å²) in [5.74, 6) is 0.0742. The predicted molar refractivity (Wildman–Crippen MR) is 95.1 cm³/mol. The summed E-state index contributed by atoms with van der Waals surface area (Å²) in [6.45, 7) is 9.08. The van der Waals surface area contributed by atoms with E-state index in [4.69, 9.17) is 4.74 Å². The van der Waals surface area contributed by atoms with E-state index in [-0.39, 0.29) is 30.4 Å². The number of benzene rings is 1. The van der Waals surface area contributed by atoms with Crippen molar-refractivity contribution in [1.82, 2.24) is 5.32 Å². The zero-order valence-electron chi connectivity index (χ0n) is 15.1. The lowest BCUT2D eigenvalue weighted by Crippen LogP contribution is -2.51. The quantitative estimate of drug-likeness (QED) is 0.871. The Morgan fingerprint density at radius 2 is 2.00 bits per heavy atom. The Kier molecular flexibility index (Phi) is 6.37. The maximum Gasteiger partial charge on any atom is 0.253 e. The molecule has 1 aliphatic heterocycles. The topological polar surface area (TPSA) is 58.6 Å².